The third kappa shape index (κ3) is 1.72. The molecule has 6 heteroatoms. The Morgan fingerprint density at radius 1 is 1.53 bits per heavy atom. The van der Waals surface area contributed by atoms with Gasteiger partial charge in [0.05, 0.1) is 0 Å². The zero-order valence-electron chi connectivity index (χ0n) is 8.51. The van der Waals surface area contributed by atoms with Gasteiger partial charge >= 0.3 is 0 Å². The second-order valence-corrected chi connectivity index (χ2v) is 3.92. The number of guanidine groups is 1. The molecule has 0 bridgehead atoms. The Morgan fingerprint density at radius 3 is 2.73 bits per heavy atom. The molecule has 1 N–H and O–H groups in total. The number of aliphatic hydroxyl groups excluding tert-OH is 1. The molecule has 0 radical (unpaired) electrons. The van der Waals surface area contributed by atoms with Crippen LogP contribution in [0.2, 0.25) is 0 Å². The van der Waals surface area contributed by atoms with Crippen LogP contribution in [0.3, 0.4) is 0 Å². The Labute approximate surface area is 87.2 Å². The van der Waals surface area contributed by atoms with Crippen molar-refractivity contribution in [1.29, 1.82) is 0 Å². The van der Waals surface area contributed by atoms with E-state index >= 15 is 0 Å². The zero-order valence-corrected chi connectivity index (χ0v) is 8.51. The van der Waals surface area contributed by atoms with Gasteiger partial charge in [-0.05, 0) is 0 Å². The van der Waals surface area contributed by atoms with Crippen LogP contribution in [0.25, 0.3) is 0 Å². The summed E-state index contributed by atoms with van der Waals surface area (Å²) in [6.45, 7) is 0.669. The Balaban J connectivity index is 2.15. The van der Waals surface area contributed by atoms with Crippen molar-refractivity contribution in [2.75, 3.05) is 26.7 Å². The fourth-order valence-corrected chi connectivity index (χ4v) is 1.87. The predicted octanol–water partition coefficient (Wildman–Crippen LogP) is -1.34. The summed E-state index contributed by atoms with van der Waals surface area (Å²) in [4.78, 5) is 29.6. The van der Waals surface area contributed by atoms with E-state index in [0.717, 1.165) is 0 Å². The first kappa shape index (κ1) is 10.1. The maximum Gasteiger partial charge on any atom is 0.268 e. The number of likely N-dealkylation sites (tertiary alicyclic amines) is 1. The Hall–Kier alpha value is -1.43. The molecular formula is C9H13N3O3. The number of aliphatic imine (C=N–C) groups is 1. The molecule has 1 fully saturated rings. The normalized spacial score (nSPS) is 26.5. The first-order valence-corrected chi connectivity index (χ1v) is 4.85. The van der Waals surface area contributed by atoms with Crippen LogP contribution in [0.4, 0.5) is 0 Å². The van der Waals surface area contributed by atoms with Crippen LogP contribution in [0.1, 0.15) is 6.42 Å². The molecule has 2 heterocycles. The topological polar surface area (TPSA) is 73.2 Å². The smallest absolute Gasteiger partial charge is 0.268 e. The fourth-order valence-electron chi connectivity index (χ4n) is 1.87. The van der Waals surface area contributed by atoms with Gasteiger partial charge in [-0.1, -0.05) is 0 Å². The van der Waals surface area contributed by atoms with Crippen LogP contribution >= 0.6 is 0 Å². The summed E-state index contributed by atoms with van der Waals surface area (Å²) in [7, 11) is 1.73. The largest absolute Gasteiger partial charge is 0.396 e. The quantitative estimate of drug-likeness (QED) is 0.582. The van der Waals surface area contributed by atoms with E-state index in [1.165, 1.54) is 4.90 Å². The standard InChI is InChI=1S/C9H13N3O3/c1-11-4-7(14)10-9(11)12-3-6(5-13)2-8(12)15/h6,13H,2-5H2,1H3. The summed E-state index contributed by atoms with van der Waals surface area (Å²) in [6, 6.07) is 0. The number of nitrogens with zero attached hydrogens (tertiary/aromatic N) is 3. The van der Waals surface area contributed by atoms with Gasteiger partial charge in [-0.2, -0.15) is 4.99 Å². The minimum absolute atomic E-state index is 0.00677. The van der Waals surface area contributed by atoms with Crippen LogP contribution in [0.5, 0.6) is 0 Å². The third-order valence-corrected chi connectivity index (χ3v) is 2.64. The summed E-state index contributed by atoms with van der Waals surface area (Å²) in [5.41, 5.74) is 0. The summed E-state index contributed by atoms with van der Waals surface area (Å²) >= 11 is 0. The van der Waals surface area contributed by atoms with Crippen LogP contribution in [-0.2, 0) is 9.59 Å². The molecule has 82 valence electrons. The lowest BCUT2D eigenvalue weighted by Crippen LogP contribution is -2.41. The summed E-state index contributed by atoms with van der Waals surface area (Å²) in [6.07, 6.45) is 0.331. The Kier molecular flexibility index (Phi) is 2.44. The van der Waals surface area contributed by atoms with Crippen LogP contribution in [-0.4, -0.2) is 59.4 Å². The number of likely N-dealkylation sites (N-methyl/N-ethyl adjacent to an activating group) is 1. The molecule has 0 spiro atoms. The lowest BCUT2D eigenvalue weighted by atomic mass is 10.1. The van der Waals surface area contributed by atoms with Gasteiger partial charge in [0.15, 0.2) is 0 Å². The molecule has 1 unspecified atom stereocenters. The van der Waals surface area contributed by atoms with Crippen molar-refractivity contribution in [3.05, 3.63) is 0 Å². The molecule has 0 aromatic carbocycles. The predicted molar refractivity (Wildman–Crippen MR) is 52.0 cm³/mol. The van der Waals surface area contributed by atoms with Crippen molar-refractivity contribution in [2.45, 2.75) is 6.42 Å². The van der Waals surface area contributed by atoms with Crippen molar-refractivity contribution in [3.63, 3.8) is 0 Å². The highest BCUT2D eigenvalue weighted by Gasteiger charge is 2.36. The van der Waals surface area contributed by atoms with Gasteiger partial charge in [-0.15, -0.1) is 0 Å². The van der Waals surface area contributed by atoms with Crippen molar-refractivity contribution in [3.8, 4) is 0 Å². The van der Waals surface area contributed by atoms with Crippen LogP contribution in [0, 0.1) is 5.92 Å². The minimum atomic E-state index is -0.229. The third-order valence-electron chi connectivity index (χ3n) is 2.64. The van der Waals surface area contributed by atoms with Gasteiger partial charge in [0.2, 0.25) is 11.9 Å². The maximum atomic E-state index is 11.6. The van der Waals surface area contributed by atoms with Crippen molar-refractivity contribution < 1.29 is 14.7 Å². The van der Waals surface area contributed by atoms with E-state index < -0.39 is 0 Å². The number of rotatable bonds is 1. The number of hydrogen-bond donors (Lipinski definition) is 1. The van der Waals surface area contributed by atoms with E-state index in [1.807, 2.05) is 0 Å². The van der Waals surface area contributed by atoms with E-state index in [1.54, 1.807) is 11.9 Å². The molecule has 2 aliphatic rings. The highest BCUT2D eigenvalue weighted by molar-refractivity contribution is 6.07. The number of amides is 2. The average molecular weight is 211 g/mol. The molecule has 2 amide bonds. The monoisotopic (exact) mass is 211 g/mol. The summed E-state index contributed by atoms with van der Waals surface area (Å²) in [5.74, 6) is 0.0763. The lowest BCUT2D eigenvalue weighted by molar-refractivity contribution is -0.124. The van der Waals surface area contributed by atoms with E-state index in [4.69, 9.17) is 5.11 Å². The molecule has 6 nitrogen and oxygen atoms in total. The van der Waals surface area contributed by atoms with E-state index in [2.05, 4.69) is 4.99 Å². The number of aliphatic hydroxyl groups is 1. The molecule has 0 aromatic heterocycles. The number of carbonyl (C=O) groups is 2. The molecule has 2 aliphatic heterocycles. The Morgan fingerprint density at radius 2 is 2.27 bits per heavy atom. The van der Waals surface area contributed by atoms with E-state index in [0.29, 0.717) is 18.9 Å². The van der Waals surface area contributed by atoms with Gasteiger partial charge in [0.1, 0.15) is 6.54 Å². The van der Waals surface area contributed by atoms with Crippen molar-refractivity contribution in [2.24, 2.45) is 10.9 Å². The number of hydrogen-bond acceptors (Lipinski definition) is 4. The van der Waals surface area contributed by atoms with Gasteiger partial charge in [0.25, 0.3) is 5.91 Å². The molecule has 0 aliphatic carbocycles. The molecule has 1 atom stereocenters. The molecule has 15 heavy (non-hydrogen) atoms. The van der Waals surface area contributed by atoms with Crippen LogP contribution < -0.4 is 0 Å². The summed E-state index contributed by atoms with van der Waals surface area (Å²) in [5, 5.41) is 8.96. The molecule has 2 rings (SSSR count). The van der Waals surface area contributed by atoms with Gasteiger partial charge < -0.3 is 10.0 Å². The highest BCUT2D eigenvalue weighted by Crippen LogP contribution is 2.19. The zero-order chi connectivity index (χ0) is 11.0. The van der Waals surface area contributed by atoms with E-state index in [9.17, 15) is 9.59 Å². The molecule has 0 saturated carbocycles. The number of carbonyl (C=O) groups excluding carboxylic acids is 2. The van der Waals surface area contributed by atoms with Gasteiger partial charge in [-0.3, -0.25) is 14.5 Å². The first-order chi connectivity index (χ1) is 7.11. The Bertz CT molecular complexity index is 339. The lowest BCUT2D eigenvalue weighted by Gasteiger charge is -2.21. The SMILES string of the molecule is CN1CC(=O)N=C1N1CC(CO)CC1=O. The first-order valence-electron chi connectivity index (χ1n) is 4.85. The van der Waals surface area contributed by atoms with Crippen LogP contribution in [0.15, 0.2) is 4.99 Å². The minimum Gasteiger partial charge on any atom is -0.396 e. The maximum absolute atomic E-state index is 11.6. The van der Waals surface area contributed by atoms with E-state index in [-0.39, 0.29) is 30.9 Å². The molecule has 0 aromatic rings. The fraction of sp³-hybridized carbons (Fsp3) is 0.667. The average Bonchev–Trinajstić information content (AvgIpc) is 2.69. The van der Waals surface area contributed by atoms with Crippen molar-refractivity contribution in [1.82, 2.24) is 9.80 Å². The molecule has 1 saturated heterocycles. The highest BCUT2D eigenvalue weighted by atomic mass is 16.3. The van der Waals surface area contributed by atoms with Gasteiger partial charge in [0, 0.05) is 32.5 Å². The summed E-state index contributed by atoms with van der Waals surface area (Å²) < 4.78 is 0. The van der Waals surface area contributed by atoms with Crippen molar-refractivity contribution >= 4 is 17.8 Å². The second-order valence-electron chi connectivity index (χ2n) is 3.92. The second kappa shape index (κ2) is 3.62. The van der Waals surface area contributed by atoms with Gasteiger partial charge in [-0.25, -0.2) is 0 Å². The molecular weight excluding hydrogens is 198 g/mol.